The topological polar surface area (TPSA) is 17.1 Å². The van der Waals surface area contributed by atoms with Gasteiger partial charge in [-0.25, -0.2) is 0 Å². The van der Waals surface area contributed by atoms with Crippen molar-refractivity contribution in [3.8, 4) is 11.1 Å². The third kappa shape index (κ3) is 3.80. The lowest BCUT2D eigenvalue weighted by Gasteiger charge is -2.10. The zero-order chi connectivity index (χ0) is 14.4. The second-order valence-electron chi connectivity index (χ2n) is 5.38. The van der Waals surface area contributed by atoms with Crippen LogP contribution in [0.2, 0.25) is 0 Å². The average molecular weight is 266 g/mol. The largest absolute Gasteiger partial charge is 0.299 e. The van der Waals surface area contributed by atoms with Crippen molar-refractivity contribution in [3.05, 3.63) is 60.2 Å². The van der Waals surface area contributed by atoms with Gasteiger partial charge >= 0.3 is 0 Å². The summed E-state index contributed by atoms with van der Waals surface area (Å²) in [6.45, 7) is 4.09. The summed E-state index contributed by atoms with van der Waals surface area (Å²) in [5.41, 5.74) is 3.69. The SMILES string of the molecule is CCCC(=O)C(C)Cc1ccc(-c2ccccc2)cc1. The number of hydrogen-bond acceptors (Lipinski definition) is 1. The maximum Gasteiger partial charge on any atom is 0.136 e. The van der Waals surface area contributed by atoms with Crippen molar-refractivity contribution < 1.29 is 4.79 Å². The number of Topliss-reactive ketones (excluding diaryl/α,β-unsaturated/α-hetero) is 1. The van der Waals surface area contributed by atoms with Gasteiger partial charge in [0.05, 0.1) is 0 Å². The van der Waals surface area contributed by atoms with Gasteiger partial charge in [-0.3, -0.25) is 4.79 Å². The molecule has 0 aliphatic carbocycles. The van der Waals surface area contributed by atoms with Crippen LogP contribution in [-0.4, -0.2) is 5.78 Å². The third-order valence-corrected chi connectivity index (χ3v) is 3.65. The van der Waals surface area contributed by atoms with Crippen molar-refractivity contribution in [1.29, 1.82) is 0 Å². The minimum absolute atomic E-state index is 0.123. The second kappa shape index (κ2) is 7.04. The number of ketones is 1. The predicted molar refractivity (Wildman–Crippen MR) is 84.7 cm³/mol. The number of carbonyl (C=O) groups excluding carboxylic acids is 1. The van der Waals surface area contributed by atoms with Crippen LogP contribution in [0.3, 0.4) is 0 Å². The highest BCUT2D eigenvalue weighted by Crippen LogP contribution is 2.20. The Labute approximate surface area is 121 Å². The average Bonchev–Trinajstić information content (AvgIpc) is 2.49. The van der Waals surface area contributed by atoms with Gasteiger partial charge in [-0.1, -0.05) is 68.4 Å². The highest BCUT2D eigenvalue weighted by Gasteiger charge is 2.12. The van der Waals surface area contributed by atoms with Gasteiger partial charge in [-0.2, -0.15) is 0 Å². The van der Waals surface area contributed by atoms with Gasteiger partial charge in [0.2, 0.25) is 0 Å². The van der Waals surface area contributed by atoms with Crippen LogP contribution in [0.5, 0.6) is 0 Å². The van der Waals surface area contributed by atoms with Crippen LogP contribution >= 0.6 is 0 Å². The fourth-order valence-electron chi connectivity index (χ4n) is 2.42. The quantitative estimate of drug-likeness (QED) is 0.726. The van der Waals surface area contributed by atoms with Crippen LogP contribution < -0.4 is 0 Å². The zero-order valence-electron chi connectivity index (χ0n) is 12.3. The minimum Gasteiger partial charge on any atom is -0.299 e. The molecule has 0 fully saturated rings. The Morgan fingerprint density at radius 2 is 1.55 bits per heavy atom. The fraction of sp³-hybridized carbons (Fsp3) is 0.316. The van der Waals surface area contributed by atoms with Crippen molar-refractivity contribution in [2.24, 2.45) is 5.92 Å². The Balaban J connectivity index is 2.04. The Bertz CT molecular complexity index is 540. The Hall–Kier alpha value is -1.89. The van der Waals surface area contributed by atoms with Gasteiger partial charge in [0.1, 0.15) is 5.78 Å². The molecule has 0 aliphatic rings. The summed E-state index contributed by atoms with van der Waals surface area (Å²) in [6.07, 6.45) is 2.48. The number of hydrogen-bond donors (Lipinski definition) is 0. The van der Waals surface area contributed by atoms with E-state index in [1.54, 1.807) is 0 Å². The van der Waals surface area contributed by atoms with E-state index in [1.807, 2.05) is 13.0 Å². The van der Waals surface area contributed by atoms with Gasteiger partial charge in [0, 0.05) is 12.3 Å². The van der Waals surface area contributed by atoms with Crippen molar-refractivity contribution in [2.75, 3.05) is 0 Å². The molecule has 0 saturated carbocycles. The monoisotopic (exact) mass is 266 g/mol. The molecule has 0 radical (unpaired) electrons. The molecule has 1 atom stereocenters. The van der Waals surface area contributed by atoms with Crippen molar-refractivity contribution in [1.82, 2.24) is 0 Å². The lowest BCUT2D eigenvalue weighted by Crippen LogP contribution is -2.13. The molecule has 1 heteroatoms. The fourth-order valence-corrected chi connectivity index (χ4v) is 2.42. The van der Waals surface area contributed by atoms with E-state index in [4.69, 9.17) is 0 Å². The molecule has 0 aliphatic heterocycles. The summed E-state index contributed by atoms with van der Waals surface area (Å²) >= 11 is 0. The molecule has 1 unspecified atom stereocenters. The van der Waals surface area contributed by atoms with E-state index in [0.29, 0.717) is 12.2 Å². The molecule has 20 heavy (non-hydrogen) atoms. The standard InChI is InChI=1S/C19H22O/c1-3-7-19(20)15(2)14-16-10-12-18(13-11-16)17-8-5-4-6-9-17/h4-6,8-13,15H,3,7,14H2,1-2H3. The third-order valence-electron chi connectivity index (χ3n) is 3.65. The lowest BCUT2D eigenvalue weighted by molar-refractivity contribution is -0.122. The molecule has 0 amide bonds. The smallest absolute Gasteiger partial charge is 0.136 e. The van der Waals surface area contributed by atoms with Crippen LogP contribution in [0, 0.1) is 5.92 Å². The molecule has 1 nitrogen and oxygen atoms in total. The Kier molecular flexibility index (Phi) is 5.11. The summed E-state index contributed by atoms with van der Waals surface area (Å²) in [5, 5.41) is 0. The Morgan fingerprint density at radius 1 is 0.950 bits per heavy atom. The van der Waals surface area contributed by atoms with Crippen LogP contribution in [-0.2, 0) is 11.2 Å². The molecule has 0 aromatic heterocycles. The maximum atomic E-state index is 11.8. The molecule has 104 valence electrons. The van der Waals surface area contributed by atoms with E-state index in [1.165, 1.54) is 16.7 Å². The normalized spacial score (nSPS) is 12.1. The van der Waals surface area contributed by atoms with Crippen LogP contribution in [0.15, 0.2) is 54.6 Å². The van der Waals surface area contributed by atoms with Crippen molar-refractivity contribution in [3.63, 3.8) is 0 Å². The van der Waals surface area contributed by atoms with Crippen LogP contribution in [0.1, 0.15) is 32.3 Å². The Morgan fingerprint density at radius 3 is 2.15 bits per heavy atom. The van der Waals surface area contributed by atoms with Crippen molar-refractivity contribution in [2.45, 2.75) is 33.1 Å². The van der Waals surface area contributed by atoms with Gasteiger partial charge in [0.25, 0.3) is 0 Å². The van der Waals surface area contributed by atoms with Gasteiger partial charge in [-0.05, 0) is 29.5 Å². The molecule has 0 spiro atoms. The van der Waals surface area contributed by atoms with E-state index in [2.05, 4.69) is 55.5 Å². The molecule has 2 rings (SSSR count). The van der Waals surface area contributed by atoms with Gasteiger partial charge in [-0.15, -0.1) is 0 Å². The maximum absolute atomic E-state index is 11.8. The van der Waals surface area contributed by atoms with Crippen LogP contribution in [0.4, 0.5) is 0 Å². The summed E-state index contributed by atoms with van der Waals surface area (Å²) < 4.78 is 0. The highest BCUT2D eigenvalue weighted by atomic mass is 16.1. The summed E-state index contributed by atoms with van der Waals surface area (Å²) in [6, 6.07) is 18.9. The van der Waals surface area contributed by atoms with E-state index in [-0.39, 0.29) is 5.92 Å². The first-order valence-electron chi connectivity index (χ1n) is 7.37. The summed E-state index contributed by atoms with van der Waals surface area (Å²) in [7, 11) is 0. The molecule has 0 N–H and O–H groups in total. The van der Waals surface area contributed by atoms with Gasteiger partial charge < -0.3 is 0 Å². The van der Waals surface area contributed by atoms with E-state index in [9.17, 15) is 4.79 Å². The van der Waals surface area contributed by atoms with E-state index < -0.39 is 0 Å². The zero-order valence-corrected chi connectivity index (χ0v) is 12.3. The first-order chi connectivity index (χ1) is 9.70. The summed E-state index contributed by atoms with van der Waals surface area (Å²) in [4.78, 5) is 11.8. The van der Waals surface area contributed by atoms with Gasteiger partial charge in [0.15, 0.2) is 0 Å². The molecule has 0 saturated heterocycles. The first kappa shape index (κ1) is 14.5. The molecular weight excluding hydrogens is 244 g/mol. The number of carbonyl (C=O) groups is 1. The van der Waals surface area contributed by atoms with E-state index >= 15 is 0 Å². The molecule has 2 aromatic carbocycles. The lowest BCUT2D eigenvalue weighted by atomic mass is 9.93. The van der Waals surface area contributed by atoms with Crippen LogP contribution in [0.25, 0.3) is 11.1 Å². The number of benzene rings is 2. The minimum atomic E-state index is 0.123. The van der Waals surface area contributed by atoms with E-state index in [0.717, 1.165) is 12.8 Å². The molecule has 0 bridgehead atoms. The number of rotatable bonds is 6. The summed E-state index contributed by atoms with van der Waals surface area (Å²) in [5.74, 6) is 0.497. The molecule has 2 aromatic rings. The predicted octanol–water partition coefficient (Wildman–Crippen LogP) is 4.90. The van der Waals surface area contributed by atoms with Crippen molar-refractivity contribution >= 4 is 5.78 Å². The molecular formula is C19H22O. The highest BCUT2D eigenvalue weighted by molar-refractivity contribution is 5.80. The first-order valence-corrected chi connectivity index (χ1v) is 7.37. The second-order valence-corrected chi connectivity index (χ2v) is 5.38. The molecule has 0 heterocycles.